The zero-order valence-electron chi connectivity index (χ0n) is 12.1. The van der Waals surface area contributed by atoms with E-state index in [9.17, 15) is 4.79 Å². The van der Waals surface area contributed by atoms with Gasteiger partial charge in [0.25, 0.3) is 0 Å². The summed E-state index contributed by atoms with van der Waals surface area (Å²) in [5, 5.41) is 13.3. The van der Waals surface area contributed by atoms with E-state index in [1.165, 1.54) is 0 Å². The number of anilines is 1. The van der Waals surface area contributed by atoms with Gasteiger partial charge in [-0.05, 0) is 13.3 Å². The van der Waals surface area contributed by atoms with Crippen molar-refractivity contribution in [2.45, 2.75) is 13.3 Å². The van der Waals surface area contributed by atoms with E-state index in [4.69, 9.17) is 11.6 Å². The number of carbonyl (C=O) groups excluding carboxylic acids is 1. The molecule has 21 heavy (non-hydrogen) atoms. The molecule has 1 aliphatic heterocycles. The standard InChI is InChI=1S/C15H17ClN4O/c1-15(14(21)17-2)7-8-20(9-15)13-11-6-4-3-5-10(11)12(16)18-19-13/h3-6H,7-9H2,1-2H3,(H,17,21). The van der Waals surface area contributed by atoms with Gasteiger partial charge in [-0.1, -0.05) is 35.9 Å². The van der Waals surface area contributed by atoms with Gasteiger partial charge in [0.1, 0.15) is 0 Å². The third kappa shape index (κ3) is 2.31. The molecule has 1 saturated heterocycles. The van der Waals surface area contributed by atoms with Gasteiger partial charge in [-0.2, -0.15) is 0 Å². The summed E-state index contributed by atoms with van der Waals surface area (Å²) in [6.07, 6.45) is 0.797. The SMILES string of the molecule is CNC(=O)C1(C)CCN(c2nnc(Cl)c3ccccc23)C1. The monoisotopic (exact) mass is 304 g/mol. The van der Waals surface area contributed by atoms with E-state index >= 15 is 0 Å². The highest BCUT2D eigenvalue weighted by molar-refractivity contribution is 6.34. The van der Waals surface area contributed by atoms with Gasteiger partial charge in [-0.25, -0.2) is 0 Å². The van der Waals surface area contributed by atoms with Crippen LogP contribution in [0.3, 0.4) is 0 Å². The number of hydrogen-bond acceptors (Lipinski definition) is 4. The molecule has 3 rings (SSSR count). The van der Waals surface area contributed by atoms with Gasteiger partial charge in [0.2, 0.25) is 5.91 Å². The summed E-state index contributed by atoms with van der Waals surface area (Å²) in [7, 11) is 1.67. The molecule has 2 heterocycles. The van der Waals surface area contributed by atoms with Crippen LogP contribution in [0.4, 0.5) is 5.82 Å². The van der Waals surface area contributed by atoms with Crippen LogP contribution in [-0.4, -0.2) is 36.2 Å². The van der Waals surface area contributed by atoms with Crippen LogP contribution in [0.5, 0.6) is 0 Å². The fraction of sp³-hybridized carbons (Fsp3) is 0.400. The fourth-order valence-electron chi connectivity index (χ4n) is 2.92. The van der Waals surface area contributed by atoms with Crippen molar-refractivity contribution in [3.05, 3.63) is 29.4 Å². The quantitative estimate of drug-likeness (QED) is 0.924. The summed E-state index contributed by atoms with van der Waals surface area (Å²) in [6, 6.07) is 7.81. The van der Waals surface area contributed by atoms with Crippen LogP contribution in [0.15, 0.2) is 24.3 Å². The van der Waals surface area contributed by atoms with Crippen LogP contribution in [0.1, 0.15) is 13.3 Å². The van der Waals surface area contributed by atoms with Crippen LogP contribution < -0.4 is 10.2 Å². The van der Waals surface area contributed by atoms with E-state index in [-0.39, 0.29) is 5.91 Å². The Bertz CT molecular complexity index is 705. The molecule has 1 amide bonds. The Morgan fingerprint density at radius 2 is 2.05 bits per heavy atom. The molecule has 1 aliphatic rings. The summed E-state index contributed by atoms with van der Waals surface area (Å²) in [4.78, 5) is 14.1. The minimum absolute atomic E-state index is 0.0660. The first-order chi connectivity index (χ1) is 10.0. The average Bonchev–Trinajstić information content (AvgIpc) is 2.90. The number of hydrogen-bond donors (Lipinski definition) is 1. The summed E-state index contributed by atoms with van der Waals surface area (Å²) in [5.74, 6) is 0.860. The van der Waals surface area contributed by atoms with Crippen molar-refractivity contribution >= 4 is 34.1 Å². The molecule has 1 unspecified atom stereocenters. The lowest BCUT2D eigenvalue weighted by Gasteiger charge is -2.23. The van der Waals surface area contributed by atoms with Crippen molar-refractivity contribution in [3.63, 3.8) is 0 Å². The Morgan fingerprint density at radius 3 is 2.76 bits per heavy atom. The third-order valence-electron chi connectivity index (χ3n) is 4.17. The molecule has 0 aliphatic carbocycles. The molecule has 1 aromatic carbocycles. The molecule has 1 aromatic heterocycles. The van der Waals surface area contributed by atoms with Crippen molar-refractivity contribution < 1.29 is 4.79 Å². The molecule has 1 N–H and O–H groups in total. The minimum atomic E-state index is -0.392. The van der Waals surface area contributed by atoms with Crippen molar-refractivity contribution in [1.29, 1.82) is 0 Å². The Labute approximate surface area is 128 Å². The largest absolute Gasteiger partial charge is 0.359 e. The Balaban J connectivity index is 2.00. The number of benzene rings is 1. The summed E-state index contributed by atoms with van der Waals surface area (Å²) in [6.45, 7) is 3.40. The lowest BCUT2D eigenvalue weighted by Crippen LogP contribution is -2.39. The number of fused-ring (bicyclic) bond motifs is 1. The molecule has 0 bridgehead atoms. The Hall–Kier alpha value is -1.88. The highest BCUT2D eigenvalue weighted by Gasteiger charge is 2.40. The maximum Gasteiger partial charge on any atom is 0.227 e. The molecule has 0 radical (unpaired) electrons. The number of halogens is 1. The Kier molecular flexibility index (Phi) is 3.45. The van der Waals surface area contributed by atoms with E-state index in [1.807, 2.05) is 31.2 Å². The molecular weight excluding hydrogens is 288 g/mol. The van der Waals surface area contributed by atoms with Crippen LogP contribution in [-0.2, 0) is 4.79 Å². The second-order valence-electron chi connectivity index (χ2n) is 5.67. The predicted octanol–water partition coefficient (Wildman–Crippen LogP) is 2.25. The Morgan fingerprint density at radius 1 is 1.33 bits per heavy atom. The van der Waals surface area contributed by atoms with E-state index in [2.05, 4.69) is 20.4 Å². The smallest absolute Gasteiger partial charge is 0.227 e. The zero-order chi connectivity index (χ0) is 15.0. The fourth-order valence-corrected chi connectivity index (χ4v) is 3.12. The van der Waals surface area contributed by atoms with Gasteiger partial charge < -0.3 is 10.2 Å². The second-order valence-corrected chi connectivity index (χ2v) is 6.03. The number of aromatic nitrogens is 2. The van der Waals surface area contributed by atoms with Crippen LogP contribution >= 0.6 is 11.6 Å². The molecule has 1 fully saturated rings. The van der Waals surface area contributed by atoms with Gasteiger partial charge in [0, 0.05) is 30.9 Å². The third-order valence-corrected chi connectivity index (χ3v) is 4.45. The molecular formula is C15H17ClN4O. The summed E-state index contributed by atoms with van der Waals surface area (Å²) < 4.78 is 0. The maximum atomic E-state index is 12.0. The molecule has 6 heteroatoms. The number of nitrogens with one attached hydrogen (secondary N) is 1. The highest BCUT2D eigenvalue weighted by Crippen LogP contribution is 2.36. The zero-order valence-corrected chi connectivity index (χ0v) is 12.8. The molecule has 1 atom stereocenters. The van der Waals surface area contributed by atoms with Gasteiger partial charge in [-0.15, -0.1) is 10.2 Å². The minimum Gasteiger partial charge on any atom is -0.359 e. The van der Waals surface area contributed by atoms with Gasteiger partial charge in [-0.3, -0.25) is 4.79 Å². The van der Waals surface area contributed by atoms with Crippen LogP contribution in [0.2, 0.25) is 5.15 Å². The van der Waals surface area contributed by atoms with Gasteiger partial charge >= 0.3 is 0 Å². The summed E-state index contributed by atoms with van der Waals surface area (Å²) >= 11 is 6.11. The number of nitrogens with zero attached hydrogens (tertiary/aromatic N) is 3. The van der Waals surface area contributed by atoms with Crippen molar-refractivity contribution in [2.75, 3.05) is 25.0 Å². The molecule has 0 saturated carbocycles. The van der Waals surface area contributed by atoms with E-state index < -0.39 is 5.41 Å². The van der Waals surface area contributed by atoms with Crippen molar-refractivity contribution in [1.82, 2.24) is 15.5 Å². The maximum absolute atomic E-state index is 12.0. The summed E-state index contributed by atoms with van der Waals surface area (Å²) in [5.41, 5.74) is -0.392. The van der Waals surface area contributed by atoms with Gasteiger partial charge in [0.15, 0.2) is 11.0 Å². The topological polar surface area (TPSA) is 58.1 Å². The molecule has 5 nitrogen and oxygen atoms in total. The first-order valence-corrected chi connectivity index (χ1v) is 7.31. The molecule has 0 spiro atoms. The number of rotatable bonds is 2. The number of amides is 1. The normalized spacial score (nSPS) is 21.8. The highest BCUT2D eigenvalue weighted by atomic mass is 35.5. The van der Waals surface area contributed by atoms with Crippen LogP contribution in [0.25, 0.3) is 10.8 Å². The van der Waals surface area contributed by atoms with E-state index in [1.54, 1.807) is 7.05 Å². The first-order valence-electron chi connectivity index (χ1n) is 6.93. The lowest BCUT2D eigenvalue weighted by atomic mass is 9.89. The second kappa shape index (κ2) is 5.15. The lowest BCUT2D eigenvalue weighted by molar-refractivity contribution is -0.128. The van der Waals surface area contributed by atoms with Crippen LogP contribution in [0, 0.1) is 5.41 Å². The first kappa shape index (κ1) is 14.1. The van der Waals surface area contributed by atoms with E-state index in [0.717, 1.165) is 29.6 Å². The molecule has 2 aromatic rings. The predicted molar refractivity (Wildman–Crippen MR) is 83.6 cm³/mol. The number of carbonyl (C=O) groups is 1. The average molecular weight is 305 g/mol. The van der Waals surface area contributed by atoms with Crippen molar-refractivity contribution in [3.8, 4) is 0 Å². The molecule has 110 valence electrons. The van der Waals surface area contributed by atoms with E-state index in [0.29, 0.717) is 11.7 Å². The van der Waals surface area contributed by atoms with Crippen molar-refractivity contribution in [2.24, 2.45) is 5.41 Å². The van der Waals surface area contributed by atoms with Gasteiger partial charge in [0.05, 0.1) is 5.41 Å².